The summed E-state index contributed by atoms with van der Waals surface area (Å²) in [6, 6.07) is 5.34. The highest BCUT2D eigenvalue weighted by Crippen LogP contribution is 2.29. The van der Waals surface area contributed by atoms with Crippen LogP contribution >= 0.6 is 15.9 Å². The quantitative estimate of drug-likeness (QED) is 0.767. The fourth-order valence-corrected chi connectivity index (χ4v) is 3.49. The zero-order valence-corrected chi connectivity index (χ0v) is 13.0. The van der Waals surface area contributed by atoms with E-state index in [1.54, 1.807) is 18.2 Å². The van der Waals surface area contributed by atoms with E-state index in [-0.39, 0.29) is 24.9 Å². The Hall–Kier alpha value is -1.48. The topological polar surface area (TPSA) is 80.5 Å². The zero-order valence-electron chi connectivity index (χ0n) is 10.6. The number of rotatable bonds is 3. The van der Waals surface area contributed by atoms with Gasteiger partial charge in [0, 0.05) is 23.4 Å². The number of aromatic nitrogens is 1. The Bertz CT molecular complexity index is 820. The van der Waals surface area contributed by atoms with E-state index in [4.69, 9.17) is 4.42 Å². The first kappa shape index (κ1) is 14.5. The lowest BCUT2D eigenvalue weighted by Gasteiger charge is -2.10. The minimum absolute atomic E-state index is 0.0361. The lowest BCUT2D eigenvalue weighted by atomic mass is 10.1. The molecule has 1 atom stereocenters. The maximum absolute atomic E-state index is 12.7. The van der Waals surface area contributed by atoms with Gasteiger partial charge in [-0.2, -0.15) is 13.4 Å². The second-order valence-electron chi connectivity index (χ2n) is 4.89. The molecule has 6 nitrogen and oxygen atoms in total. The molecule has 2 aromatic rings. The Kier molecular flexibility index (Phi) is 3.48. The molecule has 21 heavy (non-hydrogen) atoms. The number of benzene rings is 1. The molecule has 112 valence electrons. The fraction of sp³-hybridized carbons (Fsp3) is 0.333. The average Bonchev–Trinajstić information content (AvgIpc) is 2.89. The van der Waals surface area contributed by atoms with Crippen LogP contribution in [0.1, 0.15) is 6.42 Å². The Balaban J connectivity index is 1.87. The number of halogens is 2. The smallest absolute Gasteiger partial charge is 0.305 e. The van der Waals surface area contributed by atoms with Gasteiger partial charge in [-0.15, -0.1) is 3.89 Å². The maximum atomic E-state index is 12.7. The maximum Gasteiger partial charge on any atom is 0.305 e. The predicted octanol–water partition coefficient (Wildman–Crippen LogP) is 2.24. The van der Waals surface area contributed by atoms with Gasteiger partial charge in [-0.3, -0.25) is 9.69 Å². The first-order valence-electron chi connectivity index (χ1n) is 6.10. The summed E-state index contributed by atoms with van der Waals surface area (Å²) in [4.78, 5) is 17.4. The molecular formula is C12H10BrFN2O4S. The molecule has 1 aliphatic heterocycles. The standard InChI is InChI=1S/C12H10BrFN2O4S/c13-8-1-2-9-10(4-8)20-12(15-9)16-5-7(3-11(16)17)6-21(14,18)19/h1-2,4,7H,3,5-6H2. The number of carbonyl (C=O) groups excluding carboxylic acids is 1. The van der Waals surface area contributed by atoms with Crippen molar-refractivity contribution in [3.05, 3.63) is 22.7 Å². The van der Waals surface area contributed by atoms with Crippen molar-refractivity contribution < 1.29 is 21.5 Å². The first-order chi connectivity index (χ1) is 9.82. The summed E-state index contributed by atoms with van der Waals surface area (Å²) < 4.78 is 40.4. The third-order valence-corrected chi connectivity index (χ3v) is 4.57. The van der Waals surface area contributed by atoms with Crippen molar-refractivity contribution in [3.63, 3.8) is 0 Å². The minimum atomic E-state index is -4.60. The van der Waals surface area contributed by atoms with Gasteiger partial charge in [-0.05, 0) is 18.2 Å². The summed E-state index contributed by atoms with van der Waals surface area (Å²) in [5, 5.41) is 0. The number of anilines is 1. The van der Waals surface area contributed by atoms with Crippen LogP contribution in [0.25, 0.3) is 11.1 Å². The van der Waals surface area contributed by atoms with Crippen LogP contribution in [0.15, 0.2) is 27.1 Å². The third kappa shape index (κ3) is 3.08. The summed E-state index contributed by atoms with van der Waals surface area (Å²) in [6.07, 6.45) is -0.0361. The van der Waals surface area contributed by atoms with Crippen molar-refractivity contribution >= 4 is 49.2 Å². The summed E-state index contributed by atoms with van der Waals surface area (Å²) >= 11 is 3.30. The van der Waals surface area contributed by atoms with Crippen LogP contribution in [0.2, 0.25) is 0 Å². The van der Waals surface area contributed by atoms with Crippen LogP contribution in [-0.2, 0) is 15.0 Å². The molecule has 0 saturated carbocycles. The lowest BCUT2D eigenvalue weighted by molar-refractivity contribution is -0.117. The SMILES string of the molecule is O=C1CC(CS(=O)(=O)F)CN1c1nc2ccc(Br)cc2o1. The first-order valence-corrected chi connectivity index (χ1v) is 8.45. The lowest BCUT2D eigenvalue weighted by Crippen LogP contribution is -2.25. The summed E-state index contributed by atoms with van der Waals surface area (Å²) in [6.45, 7) is 0.0793. The van der Waals surface area contributed by atoms with Crippen LogP contribution in [-0.4, -0.2) is 31.6 Å². The van der Waals surface area contributed by atoms with Crippen LogP contribution in [0.3, 0.4) is 0 Å². The summed E-state index contributed by atoms with van der Waals surface area (Å²) in [7, 11) is -4.60. The van der Waals surface area contributed by atoms with E-state index in [2.05, 4.69) is 20.9 Å². The van der Waals surface area contributed by atoms with Gasteiger partial charge in [0.2, 0.25) is 5.91 Å². The van der Waals surface area contributed by atoms with Crippen LogP contribution in [0.5, 0.6) is 0 Å². The second kappa shape index (κ2) is 5.06. The fourth-order valence-electron chi connectivity index (χ4n) is 2.36. The Morgan fingerprint density at radius 1 is 1.48 bits per heavy atom. The van der Waals surface area contributed by atoms with Crippen molar-refractivity contribution in [2.45, 2.75) is 6.42 Å². The zero-order chi connectivity index (χ0) is 15.2. The van der Waals surface area contributed by atoms with Crippen molar-refractivity contribution in [1.82, 2.24) is 4.98 Å². The van der Waals surface area contributed by atoms with Crippen molar-refractivity contribution in [2.75, 3.05) is 17.2 Å². The molecule has 0 N–H and O–H groups in total. The number of carbonyl (C=O) groups is 1. The van der Waals surface area contributed by atoms with Gasteiger partial charge >= 0.3 is 16.2 Å². The van der Waals surface area contributed by atoms with Gasteiger partial charge in [0.25, 0.3) is 0 Å². The Morgan fingerprint density at radius 2 is 2.24 bits per heavy atom. The normalized spacial score (nSPS) is 19.6. The molecular weight excluding hydrogens is 367 g/mol. The van der Waals surface area contributed by atoms with E-state index in [0.29, 0.717) is 11.1 Å². The molecule has 9 heteroatoms. The van der Waals surface area contributed by atoms with Gasteiger partial charge in [0.05, 0.1) is 5.75 Å². The molecule has 1 amide bonds. The van der Waals surface area contributed by atoms with Gasteiger partial charge in [-0.1, -0.05) is 15.9 Å². The average molecular weight is 377 g/mol. The van der Waals surface area contributed by atoms with E-state index in [1.165, 1.54) is 4.90 Å². The molecule has 0 spiro atoms. The van der Waals surface area contributed by atoms with Gasteiger partial charge in [-0.25, -0.2) is 0 Å². The largest absolute Gasteiger partial charge is 0.423 e. The van der Waals surface area contributed by atoms with Gasteiger partial charge in [0.15, 0.2) is 5.58 Å². The Labute approximate surface area is 128 Å². The van der Waals surface area contributed by atoms with E-state index in [9.17, 15) is 17.1 Å². The van der Waals surface area contributed by atoms with Gasteiger partial charge < -0.3 is 4.42 Å². The van der Waals surface area contributed by atoms with Crippen molar-refractivity contribution in [3.8, 4) is 0 Å². The number of amides is 1. The number of fused-ring (bicyclic) bond motifs is 1. The second-order valence-corrected chi connectivity index (χ2v) is 7.22. The number of nitrogens with zero attached hydrogens (tertiary/aromatic N) is 2. The van der Waals surface area contributed by atoms with Crippen molar-refractivity contribution in [2.24, 2.45) is 5.92 Å². The highest BCUT2D eigenvalue weighted by atomic mass is 79.9. The van der Waals surface area contributed by atoms with E-state index in [0.717, 1.165) is 4.47 Å². The summed E-state index contributed by atoms with van der Waals surface area (Å²) in [5.41, 5.74) is 1.09. The molecule has 0 radical (unpaired) electrons. The molecule has 1 aromatic carbocycles. The molecule has 1 unspecified atom stereocenters. The minimum Gasteiger partial charge on any atom is -0.423 e. The highest BCUT2D eigenvalue weighted by Gasteiger charge is 2.36. The van der Waals surface area contributed by atoms with Crippen molar-refractivity contribution in [1.29, 1.82) is 0 Å². The van der Waals surface area contributed by atoms with E-state index < -0.39 is 21.9 Å². The molecule has 1 aromatic heterocycles. The number of hydrogen-bond acceptors (Lipinski definition) is 5. The number of hydrogen-bond donors (Lipinski definition) is 0. The van der Waals surface area contributed by atoms with Crippen LogP contribution in [0, 0.1) is 5.92 Å². The molecule has 3 rings (SSSR count). The third-order valence-electron chi connectivity index (χ3n) is 3.21. The molecule has 1 saturated heterocycles. The number of oxazole rings is 1. The van der Waals surface area contributed by atoms with Crippen LogP contribution in [0.4, 0.5) is 9.90 Å². The monoisotopic (exact) mass is 376 g/mol. The molecule has 2 heterocycles. The molecule has 1 aliphatic rings. The molecule has 1 fully saturated rings. The van der Waals surface area contributed by atoms with E-state index >= 15 is 0 Å². The molecule has 0 aliphatic carbocycles. The summed E-state index contributed by atoms with van der Waals surface area (Å²) in [5.74, 6) is -1.58. The van der Waals surface area contributed by atoms with Gasteiger partial charge in [0.1, 0.15) is 5.52 Å². The Morgan fingerprint density at radius 3 is 2.95 bits per heavy atom. The van der Waals surface area contributed by atoms with Crippen LogP contribution < -0.4 is 4.90 Å². The van der Waals surface area contributed by atoms with E-state index in [1.807, 2.05) is 0 Å². The molecule has 0 bridgehead atoms. The highest BCUT2D eigenvalue weighted by molar-refractivity contribution is 9.10. The predicted molar refractivity (Wildman–Crippen MR) is 77.1 cm³/mol.